The number of hydrogen-bond acceptors (Lipinski definition) is 4. The highest BCUT2D eigenvalue weighted by atomic mass is 32.2. The molecule has 21 heavy (non-hydrogen) atoms. The van der Waals surface area contributed by atoms with E-state index in [2.05, 4.69) is 16.5 Å². The maximum atomic E-state index is 12.3. The third-order valence-corrected chi connectivity index (χ3v) is 5.36. The van der Waals surface area contributed by atoms with Gasteiger partial charge in [0, 0.05) is 18.8 Å². The average molecular weight is 311 g/mol. The van der Waals surface area contributed by atoms with E-state index in [1.165, 1.54) is 12.8 Å². The van der Waals surface area contributed by atoms with Gasteiger partial charge in [0.05, 0.1) is 4.90 Å². The van der Waals surface area contributed by atoms with Crippen LogP contribution in [0.15, 0.2) is 23.1 Å². The number of nitrogens with one attached hydrogen (secondary N) is 1. The second-order valence-electron chi connectivity index (χ2n) is 5.98. The molecule has 3 N–H and O–H groups in total. The van der Waals surface area contributed by atoms with Crippen molar-refractivity contribution in [2.75, 3.05) is 31.9 Å². The number of rotatable bonds is 6. The molecule has 0 aromatic heterocycles. The Labute approximate surface area is 127 Å². The SMILES string of the molecule is Cc1cc(S(=O)(=O)NCC(C)CN2CCCC2)ccc1N. The Hall–Kier alpha value is -1.11. The molecule has 0 radical (unpaired) electrons. The van der Waals surface area contributed by atoms with Crippen LogP contribution < -0.4 is 10.5 Å². The maximum Gasteiger partial charge on any atom is 0.240 e. The standard InChI is InChI=1S/C15H25N3O2S/c1-12(11-18-7-3-4-8-18)10-17-21(19,20)14-5-6-15(16)13(2)9-14/h5-6,9,12,17H,3-4,7-8,10-11,16H2,1-2H3. The van der Waals surface area contributed by atoms with Gasteiger partial charge in [-0.05, 0) is 62.5 Å². The van der Waals surface area contributed by atoms with Crippen LogP contribution in [0.1, 0.15) is 25.3 Å². The lowest BCUT2D eigenvalue weighted by Crippen LogP contribution is -2.34. The fourth-order valence-electron chi connectivity index (χ4n) is 2.62. The molecule has 0 bridgehead atoms. The topological polar surface area (TPSA) is 75.4 Å². The Balaban J connectivity index is 1.92. The van der Waals surface area contributed by atoms with E-state index < -0.39 is 10.0 Å². The summed E-state index contributed by atoms with van der Waals surface area (Å²) in [6.07, 6.45) is 2.51. The average Bonchev–Trinajstić information content (AvgIpc) is 2.92. The number of aryl methyl sites for hydroxylation is 1. The van der Waals surface area contributed by atoms with Crippen LogP contribution in [0, 0.1) is 12.8 Å². The Morgan fingerprint density at radius 1 is 1.33 bits per heavy atom. The van der Waals surface area contributed by atoms with E-state index in [4.69, 9.17) is 5.73 Å². The molecule has 0 aliphatic carbocycles. The van der Waals surface area contributed by atoms with E-state index in [0.717, 1.165) is 25.2 Å². The van der Waals surface area contributed by atoms with E-state index in [9.17, 15) is 8.42 Å². The van der Waals surface area contributed by atoms with Crippen molar-refractivity contribution in [2.24, 2.45) is 5.92 Å². The molecule has 1 aromatic carbocycles. The van der Waals surface area contributed by atoms with Gasteiger partial charge in [0.15, 0.2) is 0 Å². The number of likely N-dealkylation sites (tertiary alicyclic amines) is 1. The summed E-state index contributed by atoms with van der Waals surface area (Å²) in [5.41, 5.74) is 7.11. The van der Waals surface area contributed by atoms with Gasteiger partial charge < -0.3 is 10.6 Å². The van der Waals surface area contributed by atoms with Crippen molar-refractivity contribution >= 4 is 15.7 Å². The van der Waals surface area contributed by atoms with Gasteiger partial charge in [-0.1, -0.05) is 6.92 Å². The lowest BCUT2D eigenvalue weighted by molar-refractivity contribution is 0.288. The summed E-state index contributed by atoms with van der Waals surface area (Å²) in [6, 6.07) is 4.80. The Morgan fingerprint density at radius 2 is 2.00 bits per heavy atom. The van der Waals surface area contributed by atoms with E-state index >= 15 is 0 Å². The highest BCUT2D eigenvalue weighted by molar-refractivity contribution is 7.89. The van der Waals surface area contributed by atoms with Crippen LogP contribution in [0.5, 0.6) is 0 Å². The molecule has 1 heterocycles. The first kappa shape index (κ1) is 16.3. The summed E-state index contributed by atoms with van der Waals surface area (Å²) in [5, 5.41) is 0. The monoisotopic (exact) mass is 311 g/mol. The van der Waals surface area contributed by atoms with Crippen molar-refractivity contribution in [3.63, 3.8) is 0 Å². The third-order valence-electron chi connectivity index (χ3n) is 3.94. The number of benzene rings is 1. The molecular formula is C15H25N3O2S. The predicted molar refractivity (Wildman–Crippen MR) is 85.6 cm³/mol. The molecule has 0 amide bonds. The molecule has 1 fully saturated rings. The molecule has 2 rings (SSSR count). The Morgan fingerprint density at radius 3 is 2.62 bits per heavy atom. The first-order valence-corrected chi connectivity index (χ1v) is 8.95. The van der Waals surface area contributed by atoms with Crippen LogP contribution in [0.25, 0.3) is 0 Å². The second-order valence-corrected chi connectivity index (χ2v) is 7.75. The minimum atomic E-state index is -3.45. The van der Waals surface area contributed by atoms with Gasteiger partial charge in [-0.15, -0.1) is 0 Å². The lowest BCUT2D eigenvalue weighted by Gasteiger charge is -2.20. The minimum Gasteiger partial charge on any atom is -0.399 e. The minimum absolute atomic E-state index is 0.280. The molecular weight excluding hydrogens is 286 g/mol. The van der Waals surface area contributed by atoms with Crippen LogP contribution in [0.3, 0.4) is 0 Å². The van der Waals surface area contributed by atoms with Crippen molar-refractivity contribution in [2.45, 2.75) is 31.6 Å². The molecule has 0 saturated carbocycles. The Kier molecular flexibility index (Phi) is 5.24. The normalized spacial score (nSPS) is 18.0. The number of anilines is 1. The largest absolute Gasteiger partial charge is 0.399 e. The van der Waals surface area contributed by atoms with Gasteiger partial charge in [0.2, 0.25) is 10.0 Å². The van der Waals surface area contributed by atoms with Crippen LogP contribution in [-0.4, -0.2) is 39.5 Å². The lowest BCUT2D eigenvalue weighted by atomic mass is 10.2. The summed E-state index contributed by atoms with van der Waals surface area (Å²) in [6.45, 7) is 7.56. The van der Waals surface area contributed by atoms with E-state index in [-0.39, 0.29) is 4.90 Å². The number of hydrogen-bond donors (Lipinski definition) is 2. The number of sulfonamides is 1. The molecule has 1 aliphatic heterocycles. The molecule has 1 unspecified atom stereocenters. The zero-order valence-corrected chi connectivity index (χ0v) is 13.6. The fourth-order valence-corrected chi connectivity index (χ4v) is 3.87. The van der Waals surface area contributed by atoms with Gasteiger partial charge in [-0.3, -0.25) is 0 Å². The molecule has 1 aromatic rings. The van der Waals surface area contributed by atoms with Crippen LogP contribution >= 0.6 is 0 Å². The molecule has 6 heteroatoms. The van der Waals surface area contributed by atoms with Crippen molar-refractivity contribution in [1.29, 1.82) is 0 Å². The number of nitrogens with zero attached hydrogens (tertiary/aromatic N) is 1. The first-order chi connectivity index (χ1) is 9.88. The Bertz CT molecular complexity index is 581. The van der Waals surface area contributed by atoms with Crippen molar-refractivity contribution < 1.29 is 8.42 Å². The summed E-state index contributed by atoms with van der Waals surface area (Å²) in [5.74, 6) is 0.299. The van der Waals surface area contributed by atoms with Gasteiger partial charge in [-0.25, -0.2) is 13.1 Å². The van der Waals surface area contributed by atoms with Gasteiger partial charge in [0.1, 0.15) is 0 Å². The highest BCUT2D eigenvalue weighted by Crippen LogP contribution is 2.17. The molecule has 1 aliphatic rings. The summed E-state index contributed by atoms with van der Waals surface area (Å²) in [7, 11) is -3.45. The van der Waals surface area contributed by atoms with Crippen molar-refractivity contribution in [3.8, 4) is 0 Å². The number of nitrogens with two attached hydrogens (primary N) is 1. The van der Waals surface area contributed by atoms with Crippen LogP contribution in [0.2, 0.25) is 0 Å². The van der Waals surface area contributed by atoms with Gasteiger partial charge in [-0.2, -0.15) is 0 Å². The van der Waals surface area contributed by atoms with E-state index in [1.54, 1.807) is 18.2 Å². The highest BCUT2D eigenvalue weighted by Gasteiger charge is 2.18. The van der Waals surface area contributed by atoms with Crippen molar-refractivity contribution in [1.82, 2.24) is 9.62 Å². The van der Waals surface area contributed by atoms with Gasteiger partial charge >= 0.3 is 0 Å². The molecule has 1 saturated heterocycles. The third kappa shape index (κ3) is 4.43. The van der Waals surface area contributed by atoms with Crippen molar-refractivity contribution in [3.05, 3.63) is 23.8 Å². The summed E-state index contributed by atoms with van der Waals surface area (Å²) < 4.78 is 27.2. The zero-order valence-electron chi connectivity index (χ0n) is 12.8. The smallest absolute Gasteiger partial charge is 0.240 e. The molecule has 5 nitrogen and oxygen atoms in total. The molecule has 118 valence electrons. The maximum absolute atomic E-state index is 12.3. The van der Waals surface area contributed by atoms with Crippen LogP contribution in [0.4, 0.5) is 5.69 Å². The quantitative estimate of drug-likeness (QED) is 0.782. The zero-order chi connectivity index (χ0) is 15.5. The first-order valence-electron chi connectivity index (χ1n) is 7.46. The van der Waals surface area contributed by atoms with E-state index in [1.807, 2.05) is 6.92 Å². The van der Waals surface area contributed by atoms with Gasteiger partial charge in [0.25, 0.3) is 0 Å². The molecule has 1 atom stereocenters. The second kappa shape index (κ2) is 6.77. The van der Waals surface area contributed by atoms with E-state index in [0.29, 0.717) is 18.2 Å². The van der Waals surface area contributed by atoms with Crippen LogP contribution in [-0.2, 0) is 10.0 Å². The fraction of sp³-hybridized carbons (Fsp3) is 0.600. The molecule has 0 spiro atoms. The number of nitrogen functional groups attached to an aromatic ring is 1. The summed E-state index contributed by atoms with van der Waals surface area (Å²) >= 11 is 0. The predicted octanol–water partition coefficient (Wildman–Crippen LogP) is 1.59. The summed E-state index contributed by atoms with van der Waals surface area (Å²) in [4.78, 5) is 2.68.